The molecule has 1 aromatic carbocycles. The van der Waals surface area contributed by atoms with Crippen molar-refractivity contribution in [3.63, 3.8) is 0 Å². The average Bonchev–Trinajstić information content (AvgIpc) is 3.21. The number of aliphatic carboxylic acids is 1. The van der Waals surface area contributed by atoms with E-state index in [9.17, 15) is 19.5 Å². The van der Waals surface area contributed by atoms with Gasteiger partial charge in [0.05, 0.1) is 24.0 Å². The Hall–Kier alpha value is -2.85. The number of hydrogen-bond donors (Lipinski definition) is 2. The van der Waals surface area contributed by atoms with Crippen LogP contribution in [0.4, 0.5) is 0 Å². The van der Waals surface area contributed by atoms with Crippen LogP contribution in [0.3, 0.4) is 0 Å². The van der Waals surface area contributed by atoms with E-state index in [1.54, 1.807) is 14.0 Å². The van der Waals surface area contributed by atoms with E-state index in [2.05, 4.69) is 4.90 Å². The summed E-state index contributed by atoms with van der Waals surface area (Å²) in [6, 6.07) is 3.85. The summed E-state index contributed by atoms with van der Waals surface area (Å²) in [5, 5.41) is 21.1. The van der Waals surface area contributed by atoms with Gasteiger partial charge in [-0.3, -0.25) is 9.59 Å². The molecule has 2 heterocycles. The molecule has 10 heteroatoms. The molecule has 2 fully saturated rings. The SMILES string of the molecule is COc1ccc2c3c1O[C@H]1C(OC(=O)[C@H](C)OC(=O)[C@@H](C)CCC(=O)O)CC[C@@]4(O)[C@@H](C2)N(C)CC[C@]314. The second-order valence-electron chi connectivity index (χ2n) is 10.9. The van der Waals surface area contributed by atoms with E-state index in [0.29, 0.717) is 37.2 Å². The van der Waals surface area contributed by atoms with Crippen LogP contribution < -0.4 is 9.47 Å². The van der Waals surface area contributed by atoms with Crippen molar-refractivity contribution in [1.82, 2.24) is 4.90 Å². The number of ether oxygens (including phenoxy) is 4. The molecule has 0 radical (unpaired) electrons. The molecule has 7 atom stereocenters. The number of hydrogen-bond acceptors (Lipinski definition) is 9. The average molecular weight is 518 g/mol. The largest absolute Gasteiger partial charge is 0.493 e. The summed E-state index contributed by atoms with van der Waals surface area (Å²) in [5.74, 6) is -1.80. The Morgan fingerprint density at radius 1 is 1.22 bits per heavy atom. The van der Waals surface area contributed by atoms with Crippen molar-refractivity contribution < 1.29 is 43.5 Å². The molecule has 5 rings (SSSR count). The third-order valence-electron chi connectivity index (χ3n) is 8.97. The van der Waals surface area contributed by atoms with Crippen LogP contribution in [-0.2, 0) is 35.7 Å². The Morgan fingerprint density at radius 2 is 1.97 bits per heavy atom. The Balaban J connectivity index is 1.38. The van der Waals surface area contributed by atoms with Gasteiger partial charge in [-0.1, -0.05) is 13.0 Å². The molecule has 2 aliphatic heterocycles. The minimum absolute atomic E-state index is 0.0805. The van der Waals surface area contributed by atoms with Crippen LogP contribution in [0.5, 0.6) is 11.5 Å². The van der Waals surface area contributed by atoms with Crippen LogP contribution in [0.25, 0.3) is 0 Å². The molecule has 1 aromatic rings. The summed E-state index contributed by atoms with van der Waals surface area (Å²) >= 11 is 0. The lowest BCUT2D eigenvalue weighted by molar-refractivity contribution is -0.216. The summed E-state index contributed by atoms with van der Waals surface area (Å²) in [4.78, 5) is 38.4. The van der Waals surface area contributed by atoms with Crippen molar-refractivity contribution in [1.29, 1.82) is 0 Å². The number of carbonyl (C=O) groups is 3. The highest BCUT2D eigenvalue weighted by atomic mass is 16.6. The zero-order valence-electron chi connectivity index (χ0n) is 21.7. The molecule has 2 aliphatic carbocycles. The third-order valence-corrected chi connectivity index (χ3v) is 8.97. The minimum Gasteiger partial charge on any atom is -0.493 e. The summed E-state index contributed by atoms with van der Waals surface area (Å²) in [7, 11) is 3.62. The normalized spacial score (nSPS) is 32.9. The summed E-state index contributed by atoms with van der Waals surface area (Å²) in [5.41, 5.74) is 0.298. The van der Waals surface area contributed by atoms with Crippen LogP contribution in [0, 0.1) is 5.92 Å². The molecule has 0 aromatic heterocycles. The monoisotopic (exact) mass is 517 g/mol. The zero-order valence-corrected chi connectivity index (χ0v) is 21.7. The molecule has 1 spiro atoms. The molecule has 37 heavy (non-hydrogen) atoms. The Kier molecular flexibility index (Phi) is 6.39. The highest BCUT2D eigenvalue weighted by Gasteiger charge is 2.73. The molecule has 2 N–H and O–H groups in total. The maximum atomic E-state index is 13.0. The molecule has 1 unspecified atom stereocenters. The number of carboxylic acids is 1. The number of esters is 2. The molecule has 1 saturated heterocycles. The van der Waals surface area contributed by atoms with Gasteiger partial charge >= 0.3 is 17.9 Å². The van der Waals surface area contributed by atoms with Crippen LogP contribution >= 0.6 is 0 Å². The lowest BCUT2D eigenvalue weighted by Gasteiger charge is -2.63. The maximum absolute atomic E-state index is 13.0. The van der Waals surface area contributed by atoms with E-state index in [0.717, 1.165) is 17.7 Å². The second-order valence-corrected chi connectivity index (χ2v) is 10.9. The fraction of sp³-hybridized carbons (Fsp3) is 0.667. The second kappa shape index (κ2) is 9.16. The number of aliphatic hydroxyl groups is 1. The number of likely N-dealkylation sites (tertiary alicyclic amines) is 1. The molecule has 1 saturated carbocycles. The number of likely N-dealkylation sites (N-methyl/N-ethyl adjacent to an activating group) is 1. The number of carboxylic acid groups (broad SMARTS) is 1. The number of benzene rings is 1. The van der Waals surface area contributed by atoms with E-state index in [-0.39, 0.29) is 18.9 Å². The van der Waals surface area contributed by atoms with Gasteiger partial charge in [-0.25, -0.2) is 4.79 Å². The van der Waals surface area contributed by atoms with E-state index >= 15 is 0 Å². The third kappa shape index (κ3) is 3.79. The van der Waals surface area contributed by atoms with Gasteiger partial charge in [0.25, 0.3) is 0 Å². The molecule has 2 bridgehead atoms. The fourth-order valence-electron chi connectivity index (χ4n) is 7.02. The lowest BCUT2D eigenvalue weighted by atomic mass is 9.48. The van der Waals surface area contributed by atoms with E-state index in [4.69, 9.17) is 24.1 Å². The lowest BCUT2D eigenvalue weighted by Crippen LogP contribution is -2.76. The molecule has 0 amide bonds. The van der Waals surface area contributed by atoms with Crippen molar-refractivity contribution in [2.45, 2.75) is 87.7 Å². The maximum Gasteiger partial charge on any atom is 0.347 e. The Morgan fingerprint density at radius 3 is 2.68 bits per heavy atom. The van der Waals surface area contributed by atoms with Crippen LogP contribution in [0.15, 0.2) is 12.1 Å². The highest BCUT2D eigenvalue weighted by Crippen LogP contribution is 2.65. The van der Waals surface area contributed by atoms with Gasteiger partial charge in [-0.2, -0.15) is 0 Å². The van der Waals surface area contributed by atoms with Gasteiger partial charge in [-0.05, 0) is 64.3 Å². The molecule has 4 aliphatic rings. The van der Waals surface area contributed by atoms with Gasteiger partial charge in [0.1, 0.15) is 12.2 Å². The molecule has 202 valence electrons. The van der Waals surface area contributed by atoms with Crippen molar-refractivity contribution in [3.05, 3.63) is 23.3 Å². The van der Waals surface area contributed by atoms with Gasteiger partial charge < -0.3 is 34.1 Å². The fourth-order valence-corrected chi connectivity index (χ4v) is 7.02. The molecule has 10 nitrogen and oxygen atoms in total. The summed E-state index contributed by atoms with van der Waals surface area (Å²) in [6.07, 6.45) is -0.265. The van der Waals surface area contributed by atoms with E-state index in [1.807, 2.05) is 19.2 Å². The van der Waals surface area contributed by atoms with Crippen LogP contribution in [0.1, 0.15) is 57.1 Å². The van der Waals surface area contributed by atoms with E-state index < -0.39 is 53.2 Å². The smallest absolute Gasteiger partial charge is 0.347 e. The van der Waals surface area contributed by atoms with E-state index in [1.165, 1.54) is 6.92 Å². The first-order valence-electron chi connectivity index (χ1n) is 13.0. The summed E-state index contributed by atoms with van der Waals surface area (Å²) < 4.78 is 23.3. The first-order valence-corrected chi connectivity index (χ1v) is 13.0. The minimum atomic E-state index is -1.16. The van der Waals surface area contributed by atoms with Crippen molar-refractivity contribution in [2.75, 3.05) is 20.7 Å². The van der Waals surface area contributed by atoms with Crippen molar-refractivity contribution in [3.8, 4) is 11.5 Å². The number of rotatable bonds is 8. The Bertz CT molecular complexity index is 1120. The quantitative estimate of drug-likeness (QED) is 0.492. The first-order chi connectivity index (χ1) is 17.5. The molecular weight excluding hydrogens is 482 g/mol. The summed E-state index contributed by atoms with van der Waals surface area (Å²) in [6.45, 7) is 3.78. The predicted molar refractivity (Wildman–Crippen MR) is 129 cm³/mol. The number of nitrogens with zero attached hydrogens (tertiary/aromatic N) is 1. The topological polar surface area (TPSA) is 132 Å². The Labute approximate surface area is 215 Å². The first kappa shape index (κ1) is 25.8. The van der Waals surface area contributed by atoms with Crippen LogP contribution in [0.2, 0.25) is 0 Å². The van der Waals surface area contributed by atoms with Crippen molar-refractivity contribution in [2.24, 2.45) is 5.92 Å². The number of piperidine rings is 1. The van der Waals surface area contributed by atoms with Crippen LogP contribution in [-0.4, -0.2) is 83.7 Å². The van der Waals surface area contributed by atoms with Gasteiger partial charge in [0.2, 0.25) is 0 Å². The van der Waals surface area contributed by atoms with Gasteiger partial charge in [-0.15, -0.1) is 0 Å². The van der Waals surface area contributed by atoms with Gasteiger partial charge in [0, 0.05) is 18.0 Å². The predicted octanol–water partition coefficient (Wildman–Crippen LogP) is 1.82. The van der Waals surface area contributed by atoms with Crippen molar-refractivity contribution >= 4 is 17.9 Å². The number of methoxy groups -OCH3 is 1. The molecular formula is C27H35NO9. The standard InChI is InChI=1S/C27H35NO9/c1-14(5-8-20(29)30)24(31)35-15(2)25(32)36-18-9-10-27(33)19-13-16-6-7-17(34-4)22-21(16)26(27,23(18)37-22)11-12-28(19)3/h6-7,14-15,18-19,23,33H,5,8-13H2,1-4H3,(H,29,30)/t14-,15-,18?,19+,23-,26-,27+/m0/s1. The number of carbonyl (C=O) groups excluding carboxylic acids is 2. The highest BCUT2D eigenvalue weighted by molar-refractivity contribution is 5.80. The zero-order chi connectivity index (χ0) is 26.7. The van der Waals surface area contributed by atoms with Gasteiger partial charge in [0.15, 0.2) is 17.6 Å².